The molecule has 33 heavy (non-hydrogen) atoms. The Hall–Kier alpha value is -3.25. The van der Waals surface area contributed by atoms with E-state index in [0.717, 1.165) is 22.8 Å². The first-order valence-electron chi connectivity index (χ1n) is 9.41. The Morgan fingerprint density at radius 3 is 2.76 bits per heavy atom. The smallest absolute Gasteiger partial charge is 0.417 e. The monoisotopic (exact) mass is 497 g/mol. The molecule has 0 radical (unpaired) electrons. The SMILES string of the molecule is Cc1cnc(C(=O)N[C@H]2COc3cc(Cl)cnc3N(C)C2=O)nc1-c1cc(C(F)(F)F)cs1. The average Bonchev–Trinajstić information content (AvgIpc) is 3.23. The first-order chi connectivity index (χ1) is 15.5. The quantitative estimate of drug-likeness (QED) is 0.592. The van der Waals surface area contributed by atoms with Crippen molar-refractivity contribution in [3.05, 3.63) is 51.9 Å². The summed E-state index contributed by atoms with van der Waals surface area (Å²) in [5.74, 6) is -1.04. The summed E-state index contributed by atoms with van der Waals surface area (Å²) in [6.45, 7) is 1.43. The van der Waals surface area contributed by atoms with Gasteiger partial charge in [0, 0.05) is 30.9 Å². The molecule has 1 atom stereocenters. The number of nitrogens with one attached hydrogen (secondary N) is 1. The van der Waals surface area contributed by atoms with E-state index >= 15 is 0 Å². The molecule has 1 aliphatic heterocycles. The maximum atomic E-state index is 13.0. The number of anilines is 1. The van der Waals surface area contributed by atoms with Crippen LogP contribution in [-0.4, -0.2) is 46.5 Å². The number of carbonyl (C=O) groups excluding carboxylic acids is 2. The van der Waals surface area contributed by atoms with E-state index in [-0.39, 0.29) is 34.6 Å². The Morgan fingerprint density at radius 1 is 1.30 bits per heavy atom. The molecule has 0 saturated carbocycles. The molecule has 0 fully saturated rings. The zero-order chi connectivity index (χ0) is 23.9. The molecule has 13 heteroatoms. The van der Waals surface area contributed by atoms with Crippen LogP contribution < -0.4 is 15.0 Å². The highest BCUT2D eigenvalue weighted by Gasteiger charge is 2.33. The predicted molar refractivity (Wildman–Crippen MR) is 114 cm³/mol. The highest BCUT2D eigenvalue weighted by molar-refractivity contribution is 7.13. The van der Waals surface area contributed by atoms with Crippen LogP contribution in [0.1, 0.15) is 21.7 Å². The van der Waals surface area contributed by atoms with Gasteiger partial charge in [0.25, 0.3) is 11.8 Å². The van der Waals surface area contributed by atoms with Gasteiger partial charge in [0.15, 0.2) is 11.6 Å². The number of pyridine rings is 1. The number of thiophene rings is 1. The topological polar surface area (TPSA) is 97.3 Å². The van der Waals surface area contributed by atoms with Gasteiger partial charge in [0.05, 0.1) is 21.2 Å². The third-order valence-corrected chi connectivity index (χ3v) is 5.94. The van der Waals surface area contributed by atoms with Crippen molar-refractivity contribution in [2.24, 2.45) is 0 Å². The van der Waals surface area contributed by atoms with Gasteiger partial charge >= 0.3 is 6.18 Å². The zero-order valence-corrected chi connectivity index (χ0v) is 18.7. The summed E-state index contributed by atoms with van der Waals surface area (Å²) in [5, 5.41) is 3.81. The molecule has 3 aromatic heterocycles. The molecule has 1 aliphatic rings. The number of ether oxygens (including phenoxy) is 1. The van der Waals surface area contributed by atoms with E-state index in [1.807, 2.05) is 0 Å². The van der Waals surface area contributed by atoms with Gasteiger partial charge in [-0.25, -0.2) is 15.0 Å². The molecule has 4 heterocycles. The van der Waals surface area contributed by atoms with Crippen LogP contribution in [0.25, 0.3) is 10.6 Å². The van der Waals surface area contributed by atoms with Crippen molar-refractivity contribution in [2.75, 3.05) is 18.6 Å². The van der Waals surface area contributed by atoms with Gasteiger partial charge in [0.1, 0.15) is 12.6 Å². The van der Waals surface area contributed by atoms with Gasteiger partial charge in [-0.05, 0) is 18.6 Å². The lowest BCUT2D eigenvalue weighted by atomic mass is 10.2. The summed E-state index contributed by atoms with van der Waals surface area (Å²) in [4.78, 5) is 39.3. The summed E-state index contributed by atoms with van der Waals surface area (Å²) in [6.07, 6.45) is -1.79. The van der Waals surface area contributed by atoms with Crippen LogP contribution in [-0.2, 0) is 11.0 Å². The van der Waals surface area contributed by atoms with Gasteiger partial charge in [-0.1, -0.05) is 11.6 Å². The lowest BCUT2D eigenvalue weighted by Gasteiger charge is -2.19. The molecular formula is C20H15ClF3N5O3S. The van der Waals surface area contributed by atoms with E-state index in [1.165, 1.54) is 30.4 Å². The number of likely N-dealkylation sites (N-methyl/N-ethyl adjacent to an activating group) is 1. The van der Waals surface area contributed by atoms with Crippen LogP contribution in [0.2, 0.25) is 5.02 Å². The third kappa shape index (κ3) is 4.62. The summed E-state index contributed by atoms with van der Waals surface area (Å²) in [6, 6.07) is 1.39. The van der Waals surface area contributed by atoms with Crippen molar-refractivity contribution < 1.29 is 27.5 Å². The number of nitrogens with zero attached hydrogens (tertiary/aromatic N) is 4. The van der Waals surface area contributed by atoms with Gasteiger partial charge in [-0.2, -0.15) is 13.2 Å². The van der Waals surface area contributed by atoms with Gasteiger partial charge in [0.2, 0.25) is 5.82 Å². The Morgan fingerprint density at radius 2 is 2.06 bits per heavy atom. The fourth-order valence-corrected chi connectivity index (χ4v) is 4.21. The molecule has 172 valence electrons. The Bertz CT molecular complexity index is 1250. The first kappa shape index (κ1) is 22.9. The number of carbonyl (C=O) groups is 2. The number of aromatic nitrogens is 3. The average molecular weight is 498 g/mol. The molecular weight excluding hydrogens is 483 g/mol. The molecule has 3 aromatic rings. The zero-order valence-electron chi connectivity index (χ0n) is 17.1. The maximum absolute atomic E-state index is 13.0. The minimum Gasteiger partial charge on any atom is -0.487 e. The van der Waals surface area contributed by atoms with Gasteiger partial charge in [-0.15, -0.1) is 11.3 Å². The second-order valence-electron chi connectivity index (χ2n) is 7.13. The van der Waals surface area contributed by atoms with Crippen molar-refractivity contribution in [3.8, 4) is 16.3 Å². The minimum atomic E-state index is -4.49. The largest absolute Gasteiger partial charge is 0.487 e. The minimum absolute atomic E-state index is 0.192. The number of amides is 2. The molecule has 8 nitrogen and oxygen atoms in total. The van der Waals surface area contributed by atoms with E-state index in [0.29, 0.717) is 10.6 Å². The molecule has 0 saturated heterocycles. The Kier molecular flexibility index (Phi) is 5.97. The van der Waals surface area contributed by atoms with Crippen LogP contribution in [0.3, 0.4) is 0 Å². The highest BCUT2D eigenvalue weighted by Crippen LogP contribution is 2.37. The molecule has 4 rings (SSSR count). The van der Waals surface area contributed by atoms with Crippen molar-refractivity contribution in [1.82, 2.24) is 20.3 Å². The number of hydrogen-bond donors (Lipinski definition) is 1. The molecule has 0 aliphatic carbocycles. The number of aryl methyl sites for hydroxylation is 1. The molecule has 0 aromatic carbocycles. The third-order valence-electron chi connectivity index (χ3n) is 4.79. The fraction of sp³-hybridized carbons (Fsp3) is 0.250. The summed E-state index contributed by atoms with van der Waals surface area (Å²) < 4.78 is 44.5. The second-order valence-corrected chi connectivity index (χ2v) is 8.48. The van der Waals surface area contributed by atoms with Crippen LogP contribution in [0.4, 0.5) is 19.0 Å². The fourth-order valence-electron chi connectivity index (χ4n) is 3.09. The molecule has 0 bridgehead atoms. The molecule has 0 unspecified atom stereocenters. The first-order valence-corrected chi connectivity index (χ1v) is 10.7. The standard InChI is InChI=1S/C20H15ClF3N5O3S/c1-9-5-25-16(28-15(9)14-3-10(8-33-14)20(22,23)24)18(30)27-12-7-32-13-4-11(21)6-26-17(13)29(2)19(12)31/h3-6,8,12H,7H2,1-2H3,(H,27,30)/t12-/m0/s1. The predicted octanol–water partition coefficient (Wildman–Crippen LogP) is 3.73. The van der Waals surface area contributed by atoms with E-state index in [9.17, 15) is 22.8 Å². The number of fused-ring (bicyclic) bond motifs is 1. The summed E-state index contributed by atoms with van der Waals surface area (Å²) in [5.41, 5.74) is -0.111. The highest BCUT2D eigenvalue weighted by atomic mass is 35.5. The van der Waals surface area contributed by atoms with Crippen molar-refractivity contribution in [3.63, 3.8) is 0 Å². The van der Waals surface area contributed by atoms with Crippen molar-refractivity contribution >= 4 is 40.6 Å². The van der Waals surface area contributed by atoms with Crippen molar-refractivity contribution in [2.45, 2.75) is 19.1 Å². The van der Waals surface area contributed by atoms with Crippen LogP contribution in [0, 0.1) is 6.92 Å². The number of rotatable bonds is 3. The lowest BCUT2D eigenvalue weighted by Crippen LogP contribution is -2.49. The number of halogens is 4. The van der Waals surface area contributed by atoms with Gasteiger partial charge < -0.3 is 10.1 Å². The second kappa shape index (κ2) is 8.60. The summed E-state index contributed by atoms with van der Waals surface area (Å²) in [7, 11) is 1.48. The Labute approximate surface area is 194 Å². The van der Waals surface area contributed by atoms with Crippen LogP contribution in [0.5, 0.6) is 5.75 Å². The van der Waals surface area contributed by atoms with Crippen LogP contribution in [0.15, 0.2) is 29.9 Å². The Balaban J connectivity index is 1.56. The lowest BCUT2D eigenvalue weighted by molar-refractivity contribution is -0.137. The van der Waals surface area contributed by atoms with Crippen LogP contribution >= 0.6 is 22.9 Å². The number of hydrogen-bond acceptors (Lipinski definition) is 7. The number of alkyl halides is 3. The van der Waals surface area contributed by atoms with Crippen molar-refractivity contribution in [1.29, 1.82) is 0 Å². The van der Waals surface area contributed by atoms with Gasteiger partial charge in [-0.3, -0.25) is 14.5 Å². The van der Waals surface area contributed by atoms with E-state index in [4.69, 9.17) is 16.3 Å². The molecule has 0 spiro atoms. The maximum Gasteiger partial charge on any atom is 0.417 e. The van der Waals surface area contributed by atoms with E-state index in [2.05, 4.69) is 20.3 Å². The molecule has 1 N–H and O–H groups in total. The molecule has 2 amide bonds. The summed E-state index contributed by atoms with van der Waals surface area (Å²) >= 11 is 6.78. The normalized spacial score (nSPS) is 16.1. The van der Waals surface area contributed by atoms with E-state index in [1.54, 1.807) is 6.92 Å². The van der Waals surface area contributed by atoms with E-state index < -0.39 is 29.6 Å².